The highest BCUT2D eigenvalue weighted by molar-refractivity contribution is 9.09. The lowest BCUT2D eigenvalue weighted by Crippen LogP contribution is -2.09. The first-order chi connectivity index (χ1) is 7.77. The van der Waals surface area contributed by atoms with E-state index in [1.54, 1.807) is 0 Å². The van der Waals surface area contributed by atoms with E-state index in [4.69, 9.17) is 0 Å². The molecular formula is C9H5BrF3NO3. The maximum absolute atomic E-state index is 12.3. The number of carbonyl (C=O) groups excluding carboxylic acids is 1. The van der Waals surface area contributed by atoms with Crippen LogP contribution in [0, 0.1) is 10.1 Å². The molecule has 8 heteroatoms. The second-order valence-corrected chi connectivity index (χ2v) is 3.60. The summed E-state index contributed by atoms with van der Waals surface area (Å²) < 4.78 is 37.0. The van der Waals surface area contributed by atoms with Crippen LogP contribution in [0.5, 0.6) is 0 Å². The van der Waals surface area contributed by atoms with Crippen molar-refractivity contribution in [3.05, 3.63) is 39.4 Å². The minimum Gasteiger partial charge on any atom is -0.293 e. The summed E-state index contributed by atoms with van der Waals surface area (Å²) in [5.74, 6) is -0.648. The Morgan fingerprint density at radius 2 is 2.00 bits per heavy atom. The summed E-state index contributed by atoms with van der Waals surface area (Å²) in [6.07, 6.45) is -4.68. The van der Waals surface area contributed by atoms with Gasteiger partial charge in [-0.1, -0.05) is 15.9 Å². The van der Waals surface area contributed by atoms with Crippen LogP contribution in [-0.2, 0) is 6.18 Å². The van der Waals surface area contributed by atoms with Crippen molar-refractivity contribution in [3.63, 3.8) is 0 Å². The van der Waals surface area contributed by atoms with Gasteiger partial charge in [0.1, 0.15) is 0 Å². The molecule has 0 aliphatic heterocycles. The number of nitro benzene ring substituents is 1. The maximum atomic E-state index is 12.3. The minimum absolute atomic E-state index is 0.195. The maximum Gasteiger partial charge on any atom is 0.416 e. The number of carbonyl (C=O) groups is 1. The van der Waals surface area contributed by atoms with Gasteiger partial charge < -0.3 is 0 Å². The van der Waals surface area contributed by atoms with E-state index in [0.29, 0.717) is 12.1 Å². The molecule has 0 atom stereocenters. The van der Waals surface area contributed by atoms with Crippen molar-refractivity contribution >= 4 is 27.4 Å². The third-order valence-electron chi connectivity index (χ3n) is 1.94. The summed E-state index contributed by atoms with van der Waals surface area (Å²) >= 11 is 2.80. The van der Waals surface area contributed by atoms with Crippen LogP contribution >= 0.6 is 15.9 Å². The zero-order valence-electron chi connectivity index (χ0n) is 8.12. The summed E-state index contributed by atoms with van der Waals surface area (Å²) in [7, 11) is 0. The van der Waals surface area contributed by atoms with E-state index in [1.807, 2.05) is 0 Å². The van der Waals surface area contributed by atoms with Gasteiger partial charge in [-0.25, -0.2) is 0 Å². The van der Waals surface area contributed by atoms with Crippen LogP contribution in [0.15, 0.2) is 18.2 Å². The number of nitro groups is 1. The Labute approximate surface area is 102 Å². The van der Waals surface area contributed by atoms with Gasteiger partial charge in [-0.3, -0.25) is 14.9 Å². The highest BCUT2D eigenvalue weighted by Crippen LogP contribution is 2.33. The number of nitrogens with zero attached hydrogens (tertiary/aromatic N) is 1. The van der Waals surface area contributed by atoms with Crippen LogP contribution in [0.25, 0.3) is 0 Å². The van der Waals surface area contributed by atoms with Gasteiger partial charge in [0, 0.05) is 6.07 Å². The van der Waals surface area contributed by atoms with Crippen LogP contribution in [-0.4, -0.2) is 16.0 Å². The Morgan fingerprint density at radius 1 is 1.41 bits per heavy atom. The van der Waals surface area contributed by atoms with Crippen LogP contribution in [0.4, 0.5) is 18.9 Å². The predicted octanol–water partition coefficient (Wildman–Crippen LogP) is 3.19. The van der Waals surface area contributed by atoms with Crippen molar-refractivity contribution in [2.24, 2.45) is 0 Å². The third kappa shape index (κ3) is 3.02. The normalized spacial score (nSPS) is 11.3. The smallest absolute Gasteiger partial charge is 0.293 e. The van der Waals surface area contributed by atoms with E-state index in [2.05, 4.69) is 15.9 Å². The van der Waals surface area contributed by atoms with Gasteiger partial charge in [-0.05, 0) is 12.1 Å². The van der Waals surface area contributed by atoms with Gasteiger partial charge >= 0.3 is 6.18 Å². The average molecular weight is 312 g/mol. The van der Waals surface area contributed by atoms with Crippen molar-refractivity contribution in [2.45, 2.75) is 6.18 Å². The number of hydrogen-bond acceptors (Lipinski definition) is 3. The lowest BCUT2D eigenvalue weighted by atomic mass is 10.1. The van der Waals surface area contributed by atoms with Crippen molar-refractivity contribution in [1.82, 2.24) is 0 Å². The van der Waals surface area contributed by atoms with E-state index in [0.717, 1.165) is 6.07 Å². The Kier molecular flexibility index (Phi) is 3.87. The summed E-state index contributed by atoms with van der Waals surface area (Å²) in [6, 6.07) is 1.81. The fourth-order valence-electron chi connectivity index (χ4n) is 1.17. The Balaban J connectivity index is 3.37. The number of rotatable bonds is 3. The number of Topliss-reactive ketones (excluding diaryl/α,β-unsaturated/α-hetero) is 1. The topological polar surface area (TPSA) is 60.2 Å². The third-order valence-corrected chi connectivity index (χ3v) is 2.45. The van der Waals surface area contributed by atoms with Crippen LogP contribution in [0.1, 0.15) is 15.9 Å². The first-order valence-corrected chi connectivity index (χ1v) is 5.34. The highest BCUT2D eigenvalue weighted by atomic mass is 79.9. The van der Waals surface area contributed by atoms with Crippen molar-refractivity contribution in [1.29, 1.82) is 0 Å². The number of halogens is 4. The van der Waals surface area contributed by atoms with E-state index < -0.39 is 28.1 Å². The Hall–Kier alpha value is -1.44. The van der Waals surface area contributed by atoms with Gasteiger partial charge in [-0.15, -0.1) is 0 Å². The van der Waals surface area contributed by atoms with E-state index in [9.17, 15) is 28.1 Å². The van der Waals surface area contributed by atoms with E-state index in [-0.39, 0.29) is 10.9 Å². The highest BCUT2D eigenvalue weighted by Gasteiger charge is 2.33. The summed E-state index contributed by atoms with van der Waals surface area (Å²) in [5.41, 5.74) is -2.35. The molecule has 4 nitrogen and oxygen atoms in total. The molecule has 0 aliphatic carbocycles. The summed E-state index contributed by atoms with van der Waals surface area (Å²) in [4.78, 5) is 20.9. The number of benzene rings is 1. The minimum atomic E-state index is -4.68. The monoisotopic (exact) mass is 311 g/mol. The lowest BCUT2D eigenvalue weighted by molar-refractivity contribution is -0.385. The molecule has 0 fully saturated rings. The van der Waals surface area contributed by atoms with Crippen LogP contribution in [0.2, 0.25) is 0 Å². The molecule has 17 heavy (non-hydrogen) atoms. The van der Waals surface area contributed by atoms with Gasteiger partial charge in [0.2, 0.25) is 0 Å². The number of ketones is 1. The Bertz CT molecular complexity index is 473. The molecule has 0 bridgehead atoms. The van der Waals surface area contributed by atoms with Gasteiger partial charge in [0.15, 0.2) is 5.78 Å². The number of hydrogen-bond donors (Lipinski definition) is 0. The molecule has 0 unspecified atom stereocenters. The van der Waals surface area contributed by atoms with Gasteiger partial charge in [0.05, 0.1) is 21.4 Å². The van der Waals surface area contributed by atoms with Crippen LogP contribution < -0.4 is 0 Å². The standard InChI is InChI=1S/C9H5BrF3NO3/c10-4-8(15)6-2-1-5(9(11,12)13)3-7(6)14(16)17/h1-3H,4H2. The molecule has 0 aliphatic rings. The predicted molar refractivity (Wildman–Crippen MR) is 56.2 cm³/mol. The summed E-state index contributed by atoms with van der Waals surface area (Å²) in [6.45, 7) is 0. The molecule has 0 aromatic heterocycles. The molecule has 1 rings (SSSR count). The second-order valence-electron chi connectivity index (χ2n) is 3.04. The van der Waals surface area contributed by atoms with Crippen molar-refractivity contribution < 1.29 is 22.9 Å². The first-order valence-electron chi connectivity index (χ1n) is 4.22. The SMILES string of the molecule is O=C(CBr)c1ccc(C(F)(F)F)cc1[N+](=O)[O-]. The molecule has 1 aromatic carbocycles. The first kappa shape index (κ1) is 13.6. The largest absolute Gasteiger partial charge is 0.416 e. The molecule has 0 saturated carbocycles. The average Bonchev–Trinajstić information content (AvgIpc) is 2.25. The van der Waals surface area contributed by atoms with Crippen molar-refractivity contribution in [3.8, 4) is 0 Å². The number of alkyl halides is 4. The van der Waals surface area contributed by atoms with Gasteiger partial charge in [0.25, 0.3) is 5.69 Å². The molecule has 0 radical (unpaired) electrons. The van der Waals surface area contributed by atoms with E-state index in [1.165, 1.54) is 0 Å². The molecule has 0 heterocycles. The quantitative estimate of drug-likeness (QED) is 0.373. The van der Waals surface area contributed by atoms with Gasteiger partial charge in [-0.2, -0.15) is 13.2 Å². The second kappa shape index (κ2) is 4.82. The molecule has 0 spiro atoms. The molecule has 92 valence electrons. The molecule has 0 N–H and O–H groups in total. The molecule has 1 aromatic rings. The fourth-order valence-corrected chi connectivity index (χ4v) is 1.47. The van der Waals surface area contributed by atoms with Crippen LogP contribution in [0.3, 0.4) is 0 Å². The lowest BCUT2D eigenvalue weighted by Gasteiger charge is -2.07. The zero-order valence-corrected chi connectivity index (χ0v) is 9.71. The summed E-state index contributed by atoms with van der Waals surface area (Å²) in [5, 5.41) is 10.4. The zero-order chi connectivity index (χ0) is 13.2. The van der Waals surface area contributed by atoms with Crippen molar-refractivity contribution in [2.75, 3.05) is 5.33 Å². The Morgan fingerprint density at radius 3 is 2.41 bits per heavy atom. The molecule has 0 amide bonds. The molecular weight excluding hydrogens is 307 g/mol. The fraction of sp³-hybridized carbons (Fsp3) is 0.222. The molecule has 0 saturated heterocycles. The van der Waals surface area contributed by atoms with E-state index >= 15 is 0 Å².